The number of carboxylic acid groups (broad SMARTS) is 1. The van der Waals surface area contributed by atoms with Crippen LogP contribution >= 0.6 is 0 Å². The van der Waals surface area contributed by atoms with E-state index in [4.69, 9.17) is 5.11 Å². The molecule has 0 aliphatic rings. The topological polar surface area (TPSA) is 98.1 Å². The first-order chi connectivity index (χ1) is 11.5. The van der Waals surface area contributed by atoms with E-state index in [1.807, 2.05) is 60.7 Å². The molecule has 0 aliphatic heterocycles. The lowest BCUT2D eigenvalue weighted by Crippen LogP contribution is -2.47. The van der Waals surface area contributed by atoms with Gasteiger partial charge in [-0.1, -0.05) is 60.7 Å². The van der Waals surface area contributed by atoms with E-state index in [9.17, 15) is 19.8 Å². The Balaban J connectivity index is 2.21. The van der Waals surface area contributed by atoms with Gasteiger partial charge in [0.1, 0.15) is 0 Å². The molecule has 24 heavy (non-hydrogen) atoms. The van der Waals surface area contributed by atoms with E-state index in [1.165, 1.54) is 4.90 Å². The summed E-state index contributed by atoms with van der Waals surface area (Å²) < 4.78 is 0. The number of nitrogens with zero attached hydrogens (tertiary/aromatic N) is 1. The molecule has 3 N–H and O–H groups in total. The Morgan fingerprint density at radius 1 is 0.792 bits per heavy atom. The van der Waals surface area contributed by atoms with Gasteiger partial charge in [-0.3, -0.25) is 4.79 Å². The van der Waals surface area contributed by atoms with E-state index < -0.39 is 24.1 Å². The summed E-state index contributed by atoms with van der Waals surface area (Å²) in [5, 5.41) is 28.1. The van der Waals surface area contributed by atoms with Gasteiger partial charge in [0.05, 0.1) is 0 Å². The van der Waals surface area contributed by atoms with Crippen LogP contribution in [-0.4, -0.2) is 44.3 Å². The zero-order valence-corrected chi connectivity index (χ0v) is 12.9. The molecule has 2 aromatic carbocycles. The summed E-state index contributed by atoms with van der Waals surface area (Å²) in [6.45, 7) is 0.385. The van der Waals surface area contributed by atoms with Gasteiger partial charge in [-0.05, 0) is 11.1 Å². The van der Waals surface area contributed by atoms with Crippen molar-refractivity contribution in [2.45, 2.75) is 25.3 Å². The third-order valence-electron chi connectivity index (χ3n) is 3.55. The minimum absolute atomic E-state index is 0.192. The number of aliphatic hydroxyl groups is 2. The lowest BCUT2D eigenvalue weighted by Gasteiger charge is -2.26. The van der Waals surface area contributed by atoms with E-state index in [0.717, 1.165) is 11.1 Å². The lowest BCUT2D eigenvalue weighted by atomic mass is 10.1. The Morgan fingerprint density at radius 3 is 1.58 bits per heavy atom. The van der Waals surface area contributed by atoms with Crippen molar-refractivity contribution in [1.29, 1.82) is 0 Å². The van der Waals surface area contributed by atoms with Crippen LogP contribution in [0, 0.1) is 0 Å². The summed E-state index contributed by atoms with van der Waals surface area (Å²) in [5.41, 5.74) is 1.66. The van der Waals surface area contributed by atoms with E-state index in [1.54, 1.807) is 0 Å². The number of hydrogen-bond acceptors (Lipinski definition) is 4. The zero-order valence-electron chi connectivity index (χ0n) is 12.9. The second-order valence-electron chi connectivity index (χ2n) is 5.39. The molecule has 2 rings (SSSR count). The summed E-state index contributed by atoms with van der Waals surface area (Å²) >= 11 is 0. The molecule has 0 bridgehead atoms. The van der Waals surface area contributed by atoms with Gasteiger partial charge < -0.3 is 20.2 Å². The highest BCUT2D eigenvalue weighted by Gasteiger charge is 2.33. The average molecular weight is 329 g/mol. The normalized spacial score (nSPS) is 13.1. The molecule has 0 aromatic heterocycles. The first-order valence-corrected chi connectivity index (χ1v) is 7.44. The third kappa shape index (κ3) is 4.65. The number of carboxylic acids is 1. The third-order valence-corrected chi connectivity index (χ3v) is 3.55. The molecule has 6 nitrogen and oxygen atoms in total. The van der Waals surface area contributed by atoms with Crippen LogP contribution in [0.5, 0.6) is 0 Å². The van der Waals surface area contributed by atoms with Crippen LogP contribution < -0.4 is 0 Å². The maximum absolute atomic E-state index is 12.5. The van der Waals surface area contributed by atoms with Crippen molar-refractivity contribution in [3.05, 3.63) is 71.8 Å². The molecule has 0 radical (unpaired) electrons. The number of hydrogen-bond donors (Lipinski definition) is 3. The lowest BCUT2D eigenvalue weighted by molar-refractivity contribution is -0.162. The maximum Gasteiger partial charge on any atom is 0.335 e. The van der Waals surface area contributed by atoms with E-state index >= 15 is 0 Å². The van der Waals surface area contributed by atoms with Gasteiger partial charge in [-0.2, -0.15) is 0 Å². The molecule has 0 heterocycles. The van der Waals surface area contributed by atoms with Crippen molar-refractivity contribution in [3.63, 3.8) is 0 Å². The van der Waals surface area contributed by atoms with Crippen molar-refractivity contribution >= 4 is 11.9 Å². The number of carbonyl (C=O) groups excluding carboxylic acids is 1. The molecule has 6 heteroatoms. The fraction of sp³-hybridized carbons (Fsp3) is 0.222. The molecule has 1 amide bonds. The molecular weight excluding hydrogens is 310 g/mol. The Morgan fingerprint density at radius 2 is 1.21 bits per heavy atom. The predicted octanol–water partition coefficient (Wildman–Crippen LogP) is 1.02. The Hall–Kier alpha value is -2.70. The van der Waals surface area contributed by atoms with Crippen LogP contribution in [0.25, 0.3) is 0 Å². The van der Waals surface area contributed by atoms with Gasteiger partial charge in [0.15, 0.2) is 12.2 Å². The summed E-state index contributed by atoms with van der Waals surface area (Å²) in [6, 6.07) is 18.3. The van der Waals surface area contributed by atoms with Crippen molar-refractivity contribution in [2.24, 2.45) is 0 Å². The summed E-state index contributed by atoms with van der Waals surface area (Å²) in [7, 11) is 0. The molecule has 0 saturated heterocycles. The molecule has 0 saturated carbocycles. The molecule has 0 unspecified atom stereocenters. The van der Waals surface area contributed by atoms with Crippen LogP contribution in [0.2, 0.25) is 0 Å². The zero-order chi connectivity index (χ0) is 17.5. The number of carbonyl (C=O) groups is 2. The van der Waals surface area contributed by atoms with Gasteiger partial charge in [-0.25, -0.2) is 4.79 Å². The fourth-order valence-corrected chi connectivity index (χ4v) is 2.28. The Bertz CT molecular complexity index is 633. The first-order valence-electron chi connectivity index (χ1n) is 7.44. The quantitative estimate of drug-likeness (QED) is 0.704. The standard InChI is InChI=1S/C18H19NO5/c20-15(16(21)18(23)24)17(22)19(11-13-7-3-1-4-8-13)12-14-9-5-2-6-10-14/h1-10,15-16,20-21H,11-12H2,(H,23,24)/t15-,16+/m0/s1. The number of rotatable bonds is 7. The molecule has 0 aliphatic carbocycles. The van der Waals surface area contributed by atoms with E-state index in [2.05, 4.69) is 0 Å². The van der Waals surface area contributed by atoms with Crippen LogP contribution in [0.4, 0.5) is 0 Å². The van der Waals surface area contributed by atoms with Crippen LogP contribution in [-0.2, 0) is 22.7 Å². The van der Waals surface area contributed by atoms with Crippen molar-refractivity contribution in [1.82, 2.24) is 4.90 Å². The average Bonchev–Trinajstić information content (AvgIpc) is 2.61. The van der Waals surface area contributed by atoms with Gasteiger partial charge in [0, 0.05) is 13.1 Å². The van der Waals surface area contributed by atoms with Crippen LogP contribution in [0.1, 0.15) is 11.1 Å². The number of aliphatic carboxylic acids is 1. The highest BCUT2D eigenvalue weighted by molar-refractivity contribution is 5.87. The maximum atomic E-state index is 12.5. The molecule has 126 valence electrons. The minimum atomic E-state index is -2.16. The summed E-state index contributed by atoms with van der Waals surface area (Å²) in [4.78, 5) is 24.6. The SMILES string of the molecule is O=C(O)[C@H](O)[C@H](O)C(=O)N(Cc1ccccc1)Cc1ccccc1. The summed E-state index contributed by atoms with van der Waals surface area (Å²) in [5.74, 6) is -2.48. The van der Waals surface area contributed by atoms with Gasteiger partial charge in [0.2, 0.25) is 0 Å². The largest absolute Gasteiger partial charge is 0.479 e. The highest BCUT2D eigenvalue weighted by atomic mass is 16.4. The van der Waals surface area contributed by atoms with Crippen molar-refractivity contribution < 1.29 is 24.9 Å². The minimum Gasteiger partial charge on any atom is -0.479 e. The van der Waals surface area contributed by atoms with Gasteiger partial charge in [0.25, 0.3) is 5.91 Å². The second kappa shape index (κ2) is 8.24. The van der Waals surface area contributed by atoms with Crippen LogP contribution in [0.3, 0.4) is 0 Å². The summed E-state index contributed by atoms with van der Waals surface area (Å²) in [6.07, 6.45) is -4.18. The van der Waals surface area contributed by atoms with Gasteiger partial charge >= 0.3 is 5.97 Å². The second-order valence-corrected chi connectivity index (χ2v) is 5.39. The molecule has 0 spiro atoms. The number of aliphatic hydroxyl groups excluding tert-OH is 2. The van der Waals surface area contributed by atoms with Gasteiger partial charge in [-0.15, -0.1) is 0 Å². The molecule has 2 aromatic rings. The Labute approximate surface area is 139 Å². The molecule has 0 fully saturated rings. The number of benzene rings is 2. The van der Waals surface area contributed by atoms with Crippen molar-refractivity contribution in [3.8, 4) is 0 Å². The van der Waals surface area contributed by atoms with E-state index in [0.29, 0.717) is 0 Å². The highest BCUT2D eigenvalue weighted by Crippen LogP contribution is 2.13. The number of amides is 1. The molecular formula is C18H19NO5. The smallest absolute Gasteiger partial charge is 0.335 e. The van der Waals surface area contributed by atoms with Crippen LogP contribution in [0.15, 0.2) is 60.7 Å². The monoisotopic (exact) mass is 329 g/mol. The fourth-order valence-electron chi connectivity index (χ4n) is 2.28. The first kappa shape index (κ1) is 17.7. The predicted molar refractivity (Wildman–Crippen MR) is 86.8 cm³/mol. The molecule has 2 atom stereocenters. The van der Waals surface area contributed by atoms with Crippen molar-refractivity contribution in [2.75, 3.05) is 0 Å². The Kier molecular flexibility index (Phi) is 6.06. The van der Waals surface area contributed by atoms with E-state index in [-0.39, 0.29) is 13.1 Å².